The number of sulfonamides is 1. The molecular weight excluding hydrogens is 346 g/mol. The van der Waals surface area contributed by atoms with Gasteiger partial charge in [-0.05, 0) is 47.0 Å². The van der Waals surface area contributed by atoms with Crippen LogP contribution in [0.4, 0.5) is 0 Å². The standard InChI is InChI=1S/C13H18BrNO4S/c1-3-7-15(8-4-2)20(18,19)10-5-6-12(14)11(9-10)13(16)17/h5-6,9H,3-4,7-8H2,1-2H3,(H,16,17). The average molecular weight is 364 g/mol. The predicted molar refractivity (Wildman–Crippen MR) is 80.4 cm³/mol. The van der Waals surface area contributed by atoms with Crippen molar-refractivity contribution in [1.82, 2.24) is 4.31 Å². The molecule has 1 N–H and O–H groups in total. The molecule has 0 saturated carbocycles. The van der Waals surface area contributed by atoms with Gasteiger partial charge in [-0.3, -0.25) is 0 Å². The Morgan fingerprint density at radius 2 is 1.80 bits per heavy atom. The number of carboxylic acid groups (broad SMARTS) is 1. The number of halogens is 1. The Bertz CT molecular complexity index is 580. The van der Waals surface area contributed by atoms with Gasteiger partial charge in [-0.15, -0.1) is 0 Å². The maximum atomic E-state index is 12.5. The van der Waals surface area contributed by atoms with E-state index in [1.807, 2.05) is 13.8 Å². The first-order chi connectivity index (χ1) is 9.34. The maximum Gasteiger partial charge on any atom is 0.336 e. The molecule has 0 amide bonds. The quantitative estimate of drug-likeness (QED) is 0.807. The fraction of sp³-hybridized carbons (Fsp3) is 0.462. The Morgan fingerprint density at radius 1 is 1.25 bits per heavy atom. The third-order valence-corrected chi connectivity index (χ3v) is 5.34. The first-order valence-electron chi connectivity index (χ1n) is 6.37. The fourth-order valence-electron chi connectivity index (χ4n) is 1.83. The van der Waals surface area contributed by atoms with E-state index in [1.54, 1.807) is 0 Å². The van der Waals surface area contributed by atoms with Gasteiger partial charge >= 0.3 is 5.97 Å². The largest absolute Gasteiger partial charge is 0.478 e. The number of carboxylic acids is 1. The molecule has 1 rings (SSSR count). The van der Waals surface area contributed by atoms with Crippen LogP contribution < -0.4 is 0 Å². The van der Waals surface area contributed by atoms with Crippen molar-refractivity contribution in [3.8, 4) is 0 Å². The maximum absolute atomic E-state index is 12.5. The fourth-order valence-corrected chi connectivity index (χ4v) is 3.90. The van der Waals surface area contributed by atoms with Gasteiger partial charge < -0.3 is 5.11 Å². The van der Waals surface area contributed by atoms with Crippen LogP contribution in [0, 0.1) is 0 Å². The topological polar surface area (TPSA) is 74.7 Å². The SMILES string of the molecule is CCCN(CCC)S(=O)(=O)c1ccc(Br)c(C(=O)O)c1. The molecule has 0 saturated heterocycles. The second-order valence-electron chi connectivity index (χ2n) is 4.35. The summed E-state index contributed by atoms with van der Waals surface area (Å²) in [4.78, 5) is 11.1. The molecule has 0 spiro atoms. The Hall–Kier alpha value is -0.920. The summed E-state index contributed by atoms with van der Waals surface area (Å²) in [5.41, 5.74) is -0.0565. The van der Waals surface area contributed by atoms with Gasteiger partial charge in [0, 0.05) is 17.6 Å². The average Bonchev–Trinajstić information content (AvgIpc) is 2.38. The van der Waals surface area contributed by atoms with Gasteiger partial charge in [0.2, 0.25) is 10.0 Å². The minimum absolute atomic E-state index is 0.0139. The summed E-state index contributed by atoms with van der Waals surface area (Å²) in [5.74, 6) is -1.16. The highest BCUT2D eigenvalue weighted by Gasteiger charge is 2.24. The highest BCUT2D eigenvalue weighted by Crippen LogP contribution is 2.23. The Morgan fingerprint density at radius 3 is 2.25 bits per heavy atom. The van der Waals surface area contributed by atoms with Crippen LogP contribution in [-0.4, -0.2) is 36.9 Å². The molecule has 0 heterocycles. The van der Waals surface area contributed by atoms with E-state index in [1.165, 1.54) is 22.5 Å². The highest BCUT2D eigenvalue weighted by atomic mass is 79.9. The van der Waals surface area contributed by atoms with E-state index in [4.69, 9.17) is 5.11 Å². The normalized spacial score (nSPS) is 11.8. The van der Waals surface area contributed by atoms with Crippen LogP contribution in [0.1, 0.15) is 37.0 Å². The zero-order valence-electron chi connectivity index (χ0n) is 11.5. The molecule has 1 aromatic rings. The van der Waals surface area contributed by atoms with E-state index in [0.717, 1.165) is 0 Å². The molecule has 0 atom stereocenters. The molecule has 0 bridgehead atoms. The smallest absolute Gasteiger partial charge is 0.336 e. The van der Waals surface area contributed by atoms with Crippen molar-refractivity contribution in [2.45, 2.75) is 31.6 Å². The van der Waals surface area contributed by atoms with Gasteiger partial charge in [0.1, 0.15) is 0 Å². The number of benzene rings is 1. The van der Waals surface area contributed by atoms with Gasteiger partial charge in [0.25, 0.3) is 0 Å². The van der Waals surface area contributed by atoms with Crippen molar-refractivity contribution in [3.63, 3.8) is 0 Å². The van der Waals surface area contributed by atoms with Crippen LogP contribution in [0.25, 0.3) is 0 Å². The summed E-state index contributed by atoms with van der Waals surface area (Å²) in [5, 5.41) is 9.06. The van der Waals surface area contributed by atoms with Crippen LogP contribution in [0.3, 0.4) is 0 Å². The minimum atomic E-state index is -3.65. The number of rotatable bonds is 7. The van der Waals surface area contributed by atoms with Crippen LogP contribution in [0.2, 0.25) is 0 Å². The summed E-state index contributed by atoms with van der Waals surface area (Å²) in [6.45, 7) is 4.66. The molecule has 0 radical (unpaired) electrons. The summed E-state index contributed by atoms with van der Waals surface area (Å²) in [6, 6.07) is 4.07. The van der Waals surface area contributed by atoms with Gasteiger partial charge in [-0.1, -0.05) is 13.8 Å². The minimum Gasteiger partial charge on any atom is -0.478 e. The summed E-state index contributed by atoms with van der Waals surface area (Å²) >= 11 is 3.11. The van der Waals surface area contributed by atoms with Gasteiger partial charge in [0.15, 0.2) is 0 Å². The lowest BCUT2D eigenvalue weighted by molar-refractivity contribution is 0.0695. The Labute approximate surface area is 127 Å². The zero-order valence-corrected chi connectivity index (χ0v) is 13.9. The van der Waals surface area contributed by atoms with Crippen LogP contribution in [-0.2, 0) is 10.0 Å². The lowest BCUT2D eigenvalue weighted by atomic mass is 10.2. The van der Waals surface area contributed by atoms with Gasteiger partial charge in [0.05, 0.1) is 10.5 Å². The molecule has 0 aliphatic rings. The molecule has 0 aromatic heterocycles. The highest BCUT2D eigenvalue weighted by molar-refractivity contribution is 9.10. The molecule has 0 aliphatic carbocycles. The number of hydrogen-bond acceptors (Lipinski definition) is 3. The summed E-state index contributed by atoms with van der Waals surface area (Å²) in [6.07, 6.45) is 1.42. The van der Waals surface area contributed by atoms with Crippen molar-refractivity contribution in [2.75, 3.05) is 13.1 Å². The molecule has 0 aliphatic heterocycles. The molecule has 1 aromatic carbocycles. The zero-order chi connectivity index (χ0) is 15.3. The molecule has 20 heavy (non-hydrogen) atoms. The first-order valence-corrected chi connectivity index (χ1v) is 8.60. The molecule has 0 unspecified atom stereocenters. The van der Waals surface area contributed by atoms with Crippen molar-refractivity contribution < 1.29 is 18.3 Å². The lowest BCUT2D eigenvalue weighted by Gasteiger charge is -2.21. The van der Waals surface area contributed by atoms with E-state index in [-0.39, 0.29) is 10.5 Å². The van der Waals surface area contributed by atoms with Crippen LogP contribution in [0.15, 0.2) is 27.6 Å². The Kier molecular flexibility index (Phi) is 6.16. The third-order valence-electron chi connectivity index (χ3n) is 2.75. The predicted octanol–water partition coefficient (Wildman–Crippen LogP) is 2.96. The third kappa shape index (κ3) is 3.80. The monoisotopic (exact) mass is 363 g/mol. The van der Waals surface area contributed by atoms with Crippen molar-refractivity contribution in [1.29, 1.82) is 0 Å². The summed E-state index contributed by atoms with van der Waals surface area (Å²) < 4.78 is 26.8. The van der Waals surface area contributed by atoms with E-state index < -0.39 is 16.0 Å². The van der Waals surface area contributed by atoms with E-state index in [0.29, 0.717) is 30.4 Å². The van der Waals surface area contributed by atoms with Gasteiger partial charge in [-0.2, -0.15) is 4.31 Å². The lowest BCUT2D eigenvalue weighted by Crippen LogP contribution is -2.32. The molecule has 5 nitrogen and oxygen atoms in total. The number of nitrogens with zero attached hydrogens (tertiary/aromatic N) is 1. The van der Waals surface area contributed by atoms with Crippen molar-refractivity contribution in [3.05, 3.63) is 28.2 Å². The van der Waals surface area contributed by atoms with Crippen molar-refractivity contribution >= 4 is 31.9 Å². The molecular formula is C13H18BrNO4S. The number of hydrogen-bond donors (Lipinski definition) is 1. The van der Waals surface area contributed by atoms with Crippen LogP contribution >= 0.6 is 15.9 Å². The second-order valence-corrected chi connectivity index (χ2v) is 7.14. The Balaban J connectivity index is 3.26. The van der Waals surface area contributed by atoms with Crippen molar-refractivity contribution in [2.24, 2.45) is 0 Å². The van der Waals surface area contributed by atoms with E-state index >= 15 is 0 Å². The van der Waals surface area contributed by atoms with E-state index in [2.05, 4.69) is 15.9 Å². The van der Waals surface area contributed by atoms with E-state index in [9.17, 15) is 13.2 Å². The number of carbonyl (C=O) groups is 1. The van der Waals surface area contributed by atoms with Gasteiger partial charge in [-0.25, -0.2) is 13.2 Å². The molecule has 0 fully saturated rings. The second kappa shape index (κ2) is 7.19. The first kappa shape index (κ1) is 17.1. The summed E-state index contributed by atoms with van der Waals surface area (Å²) in [7, 11) is -3.65. The molecule has 112 valence electrons. The number of aromatic carboxylic acids is 1. The van der Waals surface area contributed by atoms with Crippen LogP contribution in [0.5, 0.6) is 0 Å². The molecule has 7 heteroatoms.